The van der Waals surface area contributed by atoms with E-state index in [0.29, 0.717) is 13.0 Å². The first-order valence-electron chi connectivity index (χ1n) is 7.17. The number of nitro groups is 1. The Morgan fingerprint density at radius 3 is 2.71 bits per heavy atom. The number of ether oxygens (including phenoxy) is 2. The number of methoxy groups -OCH3 is 1. The highest BCUT2D eigenvalue weighted by molar-refractivity contribution is 5.97. The average Bonchev–Trinajstić information content (AvgIpc) is 3.00. The molecule has 130 valence electrons. The monoisotopic (exact) mass is 338 g/mol. The van der Waals surface area contributed by atoms with Crippen LogP contribution in [0.1, 0.15) is 16.8 Å². The fourth-order valence-corrected chi connectivity index (χ4v) is 2.64. The third-order valence-corrected chi connectivity index (χ3v) is 3.71. The summed E-state index contributed by atoms with van der Waals surface area (Å²) in [7, 11) is 2.89. The Labute approximate surface area is 137 Å². The van der Waals surface area contributed by atoms with E-state index in [2.05, 4.69) is 5.32 Å². The van der Waals surface area contributed by atoms with Gasteiger partial charge in [-0.25, -0.2) is 4.79 Å². The second-order valence-corrected chi connectivity index (χ2v) is 5.18. The number of carbonyl (C=O) groups excluding carboxylic acids is 2. The minimum atomic E-state index is -0.898. The maximum Gasteiger partial charge on any atom is 0.404 e. The summed E-state index contributed by atoms with van der Waals surface area (Å²) in [4.78, 5) is 35.4. The van der Waals surface area contributed by atoms with Crippen LogP contribution in [0.5, 0.6) is 5.75 Å². The third-order valence-electron chi connectivity index (χ3n) is 3.71. The van der Waals surface area contributed by atoms with Crippen molar-refractivity contribution in [2.24, 2.45) is 5.73 Å². The van der Waals surface area contributed by atoms with Gasteiger partial charge in [-0.05, 0) is 6.07 Å². The molecule has 1 fully saturated rings. The van der Waals surface area contributed by atoms with E-state index in [1.165, 1.54) is 31.2 Å². The summed E-state index contributed by atoms with van der Waals surface area (Å²) >= 11 is 0. The first kappa shape index (κ1) is 17.3. The van der Waals surface area contributed by atoms with Crippen LogP contribution in [0.2, 0.25) is 0 Å². The molecule has 24 heavy (non-hydrogen) atoms. The second kappa shape index (κ2) is 7.02. The highest BCUT2D eigenvalue weighted by Gasteiger charge is 2.31. The largest absolute Gasteiger partial charge is 0.494 e. The van der Waals surface area contributed by atoms with Crippen molar-refractivity contribution < 1.29 is 24.0 Å². The van der Waals surface area contributed by atoms with Gasteiger partial charge in [-0.15, -0.1) is 0 Å². The van der Waals surface area contributed by atoms with Gasteiger partial charge in [-0.3, -0.25) is 14.9 Å². The molecule has 1 aliphatic heterocycles. The van der Waals surface area contributed by atoms with Crippen LogP contribution in [0, 0.1) is 10.1 Å². The predicted octanol–water partition coefficient (Wildman–Crippen LogP) is 0.955. The van der Waals surface area contributed by atoms with Crippen molar-refractivity contribution in [3.63, 3.8) is 0 Å². The minimum Gasteiger partial charge on any atom is -0.494 e. The van der Waals surface area contributed by atoms with Crippen LogP contribution in [0.4, 0.5) is 16.2 Å². The van der Waals surface area contributed by atoms with Crippen LogP contribution in [-0.2, 0) is 4.74 Å². The number of rotatable bonds is 5. The average molecular weight is 338 g/mol. The zero-order valence-corrected chi connectivity index (χ0v) is 13.3. The lowest BCUT2D eigenvalue weighted by Crippen LogP contribution is -2.31. The lowest BCUT2D eigenvalue weighted by Gasteiger charge is -2.17. The van der Waals surface area contributed by atoms with Gasteiger partial charge >= 0.3 is 6.09 Å². The molecule has 3 N–H and O–H groups in total. The van der Waals surface area contributed by atoms with E-state index in [9.17, 15) is 19.7 Å². The molecule has 10 heteroatoms. The number of anilines is 1. The number of hydrogen-bond acceptors (Lipinski definition) is 7. The zero-order chi connectivity index (χ0) is 17.9. The first-order chi connectivity index (χ1) is 11.4. The van der Waals surface area contributed by atoms with Gasteiger partial charge in [0.25, 0.3) is 11.6 Å². The van der Waals surface area contributed by atoms with Crippen LogP contribution in [0.3, 0.4) is 0 Å². The molecule has 0 aromatic heterocycles. The highest BCUT2D eigenvalue weighted by atomic mass is 16.6. The van der Waals surface area contributed by atoms with E-state index >= 15 is 0 Å². The van der Waals surface area contributed by atoms with Crippen molar-refractivity contribution in [3.05, 3.63) is 27.8 Å². The molecule has 2 amide bonds. The summed E-state index contributed by atoms with van der Waals surface area (Å²) in [5.74, 6) is -0.214. The number of nitro benzene ring substituents is 1. The Balaban J connectivity index is 2.28. The molecular formula is C14H18N4O6. The predicted molar refractivity (Wildman–Crippen MR) is 84.2 cm³/mol. The number of primary amides is 1. The third kappa shape index (κ3) is 3.47. The molecule has 1 aromatic carbocycles. The van der Waals surface area contributed by atoms with Crippen molar-refractivity contribution >= 4 is 23.4 Å². The molecule has 1 saturated heterocycles. The highest BCUT2D eigenvalue weighted by Crippen LogP contribution is 2.36. The molecule has 0 spiro atoms. The number of benzene rings is 1. The summed E-state index contributed by atoms with van der Waals surface area (Å²) < 4.78 is 10.0. The fraction of sp³-hybridized carbons (Fsp3) is 0.429. The molecule has 0 unspecified atom stereocenters. The van der Waals surface area contributed by atoms with E-state index in [0.717, 1.165) is 0 Å². The number of nitrogens with two attached hydrogens (primary N) is 1. The van der Waals surface area contributed by atoms with E-state index in [4.69, 9.17) is 15.2 Å². The minimum absolute atomic E-state index is 0.122. The second-order valence-electron chi connectivity index (χ2n) is 5.18. The summed E-state index contributed by atoms with van der Waals surface area (Å²) in [6.45, 7) is 0.548. The van der Waals surface area contributed by atoms with Crippen molar-refractivity contribution in [1.29, 1.82) is 0 Å². The van der Waals surface area contributed by atoms with Crippen LogP contribution < -0.4 is 15.8 Å². The van der Waals surface area contributed by atoms with Crippen LogP contribution >= 0.6 is 0 Å². The van der Waals surface area contributed by atoms with E-state index in [-0.39, 0.29) is 29.2 Å². The van der Waals surface area contributed by atoms with Gasteiger partial charge < -0.3 is 25.4 Å². The summed E-state index contributed by atoms with van der Waals surface area (Å²) in [6.07, 6.45) is -0.910. The van der Waals surface area contributed by atoms with E-state index < -0.39 is 23.0 Å². The Morgan fingerprint density at radius 1 is 1.46 bits per heavy atom. The molecule has 1 heterocycles. The smallest absolute Gasteiger partial charge is 0.404 e. The van der Waals surface area contributed by atoms with Gasteiger partial charge in [0.1, 0.15) is 11.9 Å². The zero-order valence-electron chi connectivity index (χ0n) is 13.3. The molecule has 2 rings (SSSR count). The maximum absolute atomic E-state index is 12.6. The van der Waals surface area contributed by atoms with Crippen LogP contribution in [0.15, 0.2) is 12.1 Å². The van der Waals surface area contributed by atoms with E-state index in [1.54, 1.807) is 0 Å². The number of nitrogens with zero attached hydrogens (tertiary/aromatic N) is 2. The molecule has 0 bridgehead atoms. The summed E-state index contributed by atoms with van der Waals surface area (Å²) in [6, 6.07) is 2.63. The van der Waals surface area contributed by atoms with Gasteiger partial charge in [0, 0.05) is 26.1 Å². The van der Waals surface area contributed by atoms with Gasteiger partial charge in [0.2, 0.25) is 0 Å². The van der Waals surface area contributed by atoms with E-state index in [1.807, 2.05) is 0 Å². The topological polar surface area (TPSA) is 137 Å². The number of nitrogens with one attached hydrogen (secondary N) is 1. The van der Waals surface area contributed by atoms with Crippen LogP contribution in [-0.4, -0.2) is 55.2 Å². The molecule has 0 radical (unpaired) electrons. The first-order valence-corrected chi connectivity index (χ1v) is 7.17. The van der Waals surface area contributed by atoms with Crippen molar-refractivity contribution in [1.82, 2.24) is 4.90 Å². The van der Waals surface area contributed by atoms with Crippen molar-refractivity contribution in [2.75, 3.05) is 32.6 Å². The van der Waals surface area contributed by atoms with Gasteiger partial charge in [0.15, 0.2) is 5.69 Å². The number of amides is 2. The van der Waals surface area contributed by atoms with Crippen molar-refractivity contribution in [3.8, 4) is 5.75 Å². The molecule has 0 saturated carbocycles. The van der Waals surface area contributed by atoms with Gasteiger partial charge in [-0.2, -0.15) is 0 Å². The van der Waals surface area contributed by atoms with Crippen LogP contribution in [0.25, 0.3) is 0 Å². The lowest BCUT2D eigenvalue weighted by molar-refractivity contribution is -0.384. The Kier molecular flexibility index (Phi) is 5.07. The fourth-order valence-electron chi connectivity index (χ4n) is 2.64. The Hall–Kier alpha value is -3.04. The Morgan fingerprint density at radius 2 is 2.17 bits per heavy atom. The lowest BCUT2D eigenvalue weighted by atomic mass is 10.1. The number of carbonyl (C=O) groups is 2. The SMILES string of the molecule is CNc1c(OC)cc(C(=O)N2CC[C@@H](OC(N)=O)C2)cc1[N+](=O)[O-]. The van der Waals surface area contributed by atoms with Crippen molar-refractivity contribution in [2.45, 2.75) is 12.5 Å². The number of hydrogen-bond donors (Lipinski definition) is 2. The van der Waals surface area contributed by atoms with Gasteiger partial charge in [0.05, 0.1) is 24.1 Å². The number of likely N-dealkylation sites (tertiary alicyclic amines) is 1. The molecule has 1 aromatic rings. The normalized spacial score (nSPS) is 16.6. The molecule has 0 aliphatic carbocycles. The molecule has 1 atom stereocenters. The Bertz CT molecular complexity index is 677. The summed E-state index contributed by atoms with van der Waals surface area (Å²) in [5, 5.41) is 13.9. The molecule has 1 aliphatic rings. The molecular weight excluding hydrogens is 320 g/mol. The van der Waals surface area contributed by atoms with Gasteiger partial charge in [-0.1, -0.05) is 0 Å². The summed E-state index contributed by atoms with van der Waals surface area (Å²) in [5.41, 5.74) is 5.02. The maximum atomic E-state index is 12.6. The quantitative estimate of drug-likeness (QED) is 0.602. The molecule has 10 nitrogen and oxygen atoms in total. The standard InChI is InChI=1S/C14H18N4O6/c1-16-12-10(18(21)22)5-8(6-11(12)23-2)13(19)17-4-3-9(7-17)24-14(15)20/h5-6,9,16H,3-4,7H2,1-2H3,(H2,15,20)/t9-/m1/s1.